The SMILES string of the molecule is CCN(CC)Cc1ccccc1CNC(=O)CCc1c(C)nc2nc(SC)nn2c1C. The van der Waals surface area contributed by atoms with Crippen molar-refractivity contribution in [1.29, 1.82) is 0 Å². The first kappa shape index (κ1) is 23.2. The van der Waals surface area contributed by atoms with Crippen LogP contribution >= 0.6 is 11.8 Å². The lowest BCUT2D eigenvalue weighted by molar-refractivity contribution is -0.121. The fraction of sp³-hybridized carbons (Fsp3) is 0.478. The first-order valence-electron chi connectivity index (χ1n) is 10.8. The van der Waals surface area contributed by atoms with Gasteiger partial charge in [-0.1, -0.05) is 49.9 Å². The Bertz CT molecular complexity index is 1040. The number of aryl methyl sites for hydroxylation is 2. The van der Waals surface area contributed by atoms with Crippen LogP contribution in [0.15, 0.2) is 29.4 Å². The molecule has 0 aliphatic heterocycles. The molecule has 2 heterocycles. The molecule has 0 atom stereocenters. The molecular formula is C23H32N6OS. The number of hydrogen-bond acceptors (Lipinski definition) is 6. The van der Waals surface area contributed by atoms with E-state index in [1.807, 2.05) is 26.2 Å². The molecule has 0 fully saturated rings. The van der Waals surface area contributed by atoms with Gasteiger partial charge in [-0.25, -0.2) is 9.50 Å². The van der Waals surface area contributed by atoms with Crippen molar-refractivity contribution >= 4 is 23.4 Å². The molecule has 2 aromatic heterocycles. The Morgan fingerprint density at radius 2 is 1.84 bits per heavy atom. The van der Waals surface area contributed by atoms with Crippen LogP contribution in [0.4, 0.5) is 0 Å². The van der Waals surface area contributed by atoms with Crippen LogP contribution in [0.25, 0.3) is 5.78 Å². The Hall–Kier alpha value is -2.45. The topological polar surface area (TPSA) is 75.4 Å². The van der Waals surface area contributed by atoms with Crippen LogP contribution in [-0.2, 0) is 24.3 Å². The second-order valence-corrected chi connectivity index (χ2v) is 8.35. The van der Waals surface area contributed by atoms with Crippen LogP contribution in [0.1, 0.15) is 48.3 Å². The van der Waals surface area contributed by atoms with Crippen molar-refractivity contribution in [3.8, 4) is 0 Å². The van der Waals surface area contributed by atoms with Crippen LogP contribution in [0.2, 0.25) is 0 Å². The molecule has 0 saturated carbocycles. The highest BCUT2D eigenvalue weighted by Gasteiger charge is 2.15. The van der Waals surface area contributed by atoms with Gasteiger partial charge in [0.2, 0.25) is 11.1 Å². The normalized spacial score (nSPS) is 11.4. The van der Waals surface area contributed by atoms with Gasteiger partial charge in [0.05, 0.1) is 0 Å². The quantitative estimate of drug-likeness (QED) is 0.486. The van der Waals surface area contributed by atoms with Crippen LogP contribution in [-0.4, -0.2) is 49.7 Å². The number of benzene rings is 1. The number of rotatable bonds is 10. The first-order chi connectivity index (χ1) is 15.0. The largest absolute Gasteiger partial charge is 0.352 e. The van der Waals surface area contributed by atoms with E-state index < -0.39 is 0 Å². The molecule has 31 heavy (non-hydrogen) atoms. The standard InChI is InChI=1S/C23H32N6OS/c1-6-28(7-2)15-19-11-9-8-10-18(19)14-24-21(30)13-12-20-16(3)25-22-26-23(31-5)27-29(22)17(20)4/h8-11H,6-7,12-15H2,1-5H3,(H,24,30). The number of thioether (sulfide) groups is 1. The summed E-state index contributed by atoms with van der Waals surface area (Å²) in [5.74, 6) is 0.650. The fourth-order valence-corrected chi connectivity index (χ4v) is 4.07. The van der Waals surface area contributed by atoms with Gasteiger partial charge in [0.15, 0.2) is 0 Å². The lowest BCUT2D eigenvalue weighted by Crippen LogP contribution is -2.26. The smallest absolute Gasteiger partial charge is 0.253 e. The summed E-state index contributed by atoms with van der Waals surface area (Å²) in [7, 11) is 0. The summed E-state index contributed by atoms with van der Waals surface area (Å²) in [6.45, 7) is 11.8. The average molecular weight is 441 g/mol. The van der Waals surface area contributed by atoms with Gasteiger partial charge in [-0.2, -0.15) is 4.98 Å². The molecular weight excluding hydrogens is 408 g/mol. The number of hydrogen-bond donors (Lipinski definition) is 1. The Morgan fingerprint density at radius 3 is 2.52 bits per heavy atom. The Balaban J connectivity index is 1.63. The highest BCUT2D eigenvalue weighted by Crippen LogP contribution is 2.18. The summed E-state index contributed by atoms with van der Waals surface area (Å²) in [5, 5.41) is 8.28. The zero-order chi connectivity index (χ0) is 22.4. The lowest BCUT2D eigenvalue weighted by atomic mass is 10.1. The van der Waals surface area contributed by atoms with Crippen molar-refractivity contribution in [1.82, 2.24) is 29.8 Å². The lowest BCUT2D eigenvalue weighted by Gasteiger charge is -2.20. The Labute approximate surface area is 188 Å². The predicted octanol–water partition coefficient (Wildman–Crippen LogP) is 3.55. The molecule has 7 nitrogen and oxygen atoms in total. The predicted molar refractivity (Wildman–Crippen MR) is 125 cm³/mol. The van der Waals surface area contributed by atoms with Crippen molar-refractivity contribution in [3.63, 3.8) is 0 Å². The van der Waals surface area contributed by atoms with Gasteiger partial charge in [-0.3, -0.25) is 9.69 Å². The van der Waals surface area contributed by atoms with Crippen LogP contribution in [0.3, 0.4) is 0 Å². The van der Waals surface area contributed by atoms with E-state index in [2.05, 4.69) is 57.3 Å². The zero-order valence-corrected chi connectivity index (χ0v) is 19.9. The molecule has 0 bridgehead atoms. The van der Waals surface area contributed by atoms with Gasteiger partial charge in [0.25, 0.3) is 5.78 Å². The third-order valence-corrected chi connectivity index (χ3v) is 6.24. The number of aromatic nitrogens is 4. The average Bonchev–Trinajstić information content (AvgIpc) is 3.19. The van der Waals surface area contributed by atoms with Crippen LogP contribution in [0.5, 0.6) is 0 Å². The molecule has 1 aromatic carbocycles. The number of fused-ring (bicyclic) bond motifs is 1. The van der Waals surface area contributed by atoms with E-state index in [1.54, 1.807) is 4.52 Å². The van der Waals surface area contributed by atoms with E-state index in [0.717, 1.165) is 36.6 Å². The number of amides is 1. The summed E-state index contributed by atoms with van der Waals surface area (Å²) in [6.07, 6.45) is 2.99. The van der Waals surface area contributed by atoms with Crippen LogP contribution < -0.4 is 5.32 Å². The summed E-state index contributed by atoms with van der Waals surface area (Å²) in [5.41, 5.74) is 5.39. The third kappa shape index (κ3) is 5.62. The Kier molecular flexibility index (Phi) is 8.03. The monoisotopic (exact) mass is 440 g/mol. The molecule has 0 aliphatic carbocycles. The highest BCUT2D eigenvalue weighted by atomic mass is 32.2. The second-order valence-electron chi connectivity index (χ2n) is 7.58. The highest BCUT2D eigenvalue weighted by molar-refractivity contribution is 7.98. The first-order valence-corrected chi connectivity index (χ1v) is 12.0. The van der Waals surface area contributed by atoms with Crippen molar-refractivity contribution in [2.75, 3.05) is 19.3 Å². The van der Waals surface area contributed by atoms with E-state index in [1.165, 1.54) is 22.9 Å². The van der Waals surface area contributed by atoms with Gasteiger partial charge in [-0.15, -0.1) is 5.10 Å². The molecule has 0 radical (unpaired) electrons. The van der Waals surface area contributed by atoms with Crippen LogP contribution in [0, 0.1) is 13.8 Å². The second kappa shape index (κ2) is 10.7. The van der Waals surface area contributed by atoms with E-state index in [4.69, 9.17) is 0 Å². The number of nitrogens with one attached hydrogen (secondary N) is 1. The van der Waals surface area contributed by atoms with Crippen molar-refractivity contribution in [3.05, 3.63) is 52.3 Å². The van der Waals surface area contributed by atoms with Crippen molar-refractivity contribution in [2.24, 2.45) is 0 Å². The van der Waals surface area contributed by atoms with Crippen molar-refractivity contribution < 1.29 is 4.79 Å². The fourth-order valence-electron chi connectivity index (χ4n) is 3.73. The third-order valence-electron chi connectivity index (χ3n) is 5.70. The molecule has 1 N–H and O–H groups in total. The molecule has 0 saturated heterocycles. The van der Waals surface area contributed by atoms with Gasteiger partial charge >= 0.3 is 0 Å². The molecule has 8 heteroatoms. The Morgan fingerprint density at radius 1 is 1.13 bits per heavy atom. The summed E-state index contributed by atoms with van der Waals surface area (Å²) < 4.78 is 1.77. The summed E-state index contributed by atoms with van der Waals surface area (Å²) in [4.78, 5) is 24.0. The van der Waals surface area contributed by atoms with Gasteiger partial charge in [0.1, 0.15) is 0 Å². The van der Waals surface area contributed by atoms with Gasteiger partial charge < -0.3 is 5.32 Å². The minimum Gasteiger partial charge on any atom is -0.352 e. The number of carbonyl (C=O) groups excluding carboxylic acids is 1. The van der Waals surface area contributed by atoms with E-state index in [9.17, 15) is 4.79 Å². The zero-order valence-electron chi connectivity index (χ0n) is 19.1. The molecule has 3 aromatic rings. The molecule has 0 spiro atoms. The van der Waals surface area contributed by atoms with Crippen molar-refractivity contribution in [2.45, 2.75) is 58.8 Å². The minimum absolute atomic E-state index is 0.0416. The molecule has 166 valence electrons. The van der Waals surface area contributed by atoms with E-state index in [-0.39, 0.29) is 5.91 Å². The van der Waals surface area contributed by atoms with Gasteiger partial charge in [-0.05, 0) is 56.3 Å². The molecule has 0 aliphatic rings. The van der Waals surface area contributed by atoms with E-state index >= 15 is 0 Å². The molecule has 3 rings (SSSR count). The number of carbonyl (C=O) groups is 1. The van der Waals surface area contributed by atoms with Gasteiger partial charge in [0, 0.05) is 30.9 Å². The summed E-state index contributed by atoms with van der Waals surface area (Å²) >= 11 is 1.49. The maximum atomic E-state index is 12.6. The maximum Gasteiger partial charge on any atom is 0.253 e. The molecule has 1 amide bonds. The van der Waals surface area contributed by atoms with E-state index in [0.29, 0.717) is 30.3 Å². The molecule has 0 unspecified atom stereocenters. The minimum atomic E-state index is 0.0416. The summed E-state index contributed by atoms with van der Waals surface area (Å²) in [6, 6.07) is 8.33. The maximum absolute atomic E-state index is 12.6. The number of nitrogens with zero attached hydrogens (tertiary/aromatic N) is 5.